The Labute approximate surface area is 176 Å². The van der Waals surface area contributed by atoms with E-state index >= 15 is 0 Å². The second-order valence-electron chi connectivity index (χ2n) is 6.61. The molecule has 0 aliphatic heterocycles. The van der Waals surface area contributed by atoms with Gasteiger partial charge in [-0.25, -0.2) is 9.98 Å². The van der Waals surface area contributed by atoms with Crippen molar-refractivity contribution in [1.82, 2.24) is 20.5 Å². The normalized spacial score (nSPS) is 11.7. The molecular weight excluding hydrogens is 441 g/mol. The van der Waals surface area contributed by atoms with E-state index < -0.39 is 0 Å². The molecule has 0 amide bonds. The van der Waals surface area contributed by atoms with Crippen LogP contribution in [0.4, 0.5) is 0 Å². The Morgan fingerprint density at radius 2 is 1.88 bits per heavy atom. The van der Waals surface area contributed by atoms with Crippen molar-refractivity contribution in [1.29, 1.82) is 0 Å². The molecule has 0 saturated carbocycles. The van der Waals surface area contributed by atoms with Crippen LogP contribution in [0.1, 0.15) is 46.6 Å². The molecule has 0 bridgehead atoms. The predicted octanol–water partition coefficient (Wildman–Crippen LogP) is 3.27. The molecular formula is C19H36IN5O. The molecule has 7 heteroatoms. The SMILES string of the molecule is CCNC(=NCc1ccc(OC)nc1)NCCCN(C(C)C)C(C)C.I. The quantitative estimate of drug-likeness (QED) is 0.235. The summed E-state index contributed by atoms with van der Waals surface area (Å²) in [6.45, 7) is 14.5. The van der Waals surface area contributed by atoms with Crippen LogP contribution in [0, 0.1) is 0 Å². The number of nitrogens with one attached hydrogen (secondary N) is 2. The number of aromatic nitrogens is 1. The Morgan fingerprint density at radius 1 is 1.19 bits per heavy atom. The molecule has 0 aliphatic carbocycles. The van der Waals surface area contributed by atoms with E-state index in [1.807, 2.05) is 12.1 Å². The third-order valence-electron chi connectivity index (χ3n) is 3.98. The van der Waals surface area contributed by atoms with Crippen LogP contribution in [0.15, 0.2) is 23.3 Å². The van der Waals surface area contributed by atoms with E-state index in [0.717, 1.165) is 37.6 Å². The van der Waals surface area contributed by atoms with E-state index in [4.69, 9.17) is 4.74 Å². The minimum atomic E-state index is 0. The summed E-state index contributed by atoms with van der Waals surface area (Å²) in [5.74, 6) is 1.47. The summed E-state index contributed by atoms with van der Waals surface area (Å²) in [7, 11) is 1.62. The molecule has 0 atom stereocenters. The van der Waals surface area contributed by atoms with E-state index in [2.05, 4.69) is 60.1 Å². The van der Waals surface area contributed by atoms with Crippen LogP contribution in [0.2, 0.25) is 0 Å². The van der Waals surface area contributed by atoms with Crippen LogP contribution in [0.5, 0.6) is 5.88 Å². The third kappa shape index (κ3) is 9.56. The lowest BCUT2D eigenvalue weighted by Crippen LogP contribution is -2.41. The Bertz CT molecular complexity index is 497. The highest BCUT2D eigenvalue weighted by Crippen LogP contribution is 2.07. The van der Waals surface area contributed by atoms with Gasteiger partial charge < -0.3 is 15.4 Å². The first-order valence-electron chi connectivity index (χ1n) is 9.24. The van der Waals surface area contributed by atoms with Gasteiger partial charge in [-0.15, -0.1) is 24.0 Å². The smallest absolute Gasteiger partial charge is 0.212 e. The summed E-state index contributed by atoms with van der Waals surface area (Å²) in [5, 5.41) is 6.70. The van der Waals surface area contributed by atoms with Crippen LogP contribution in [-0.4, -0.2) is 54.7 Å². The van der Waals surface area contributed by atoms with Crippen LogP contribution in [0.3, 0.4) is 0 Å². The number of hydrogen-bond acceptors (Lipinski definition) is 4. The van der Waals surface area contributed by atoms with Gasteiger partial charge in [0.25, 0.3) is 0 Å². The highest BCUT2D eigenvalue weighted by atomic mass is 127. The molecule has 1 rings (SSSR count). The van der Waals surface area contributed by atoms with E-state index in [-0.39, 0.29) is 24.0 Å². The molecule has 0 fully saturated rings. The molecule has 150 valence electrons. The van der Waals surface area contributed by atoms with E-state index in [0.29, 0.717) is 24.5 Å². The standard InChI is InChI=1S/C19H35N5O.HI/c1-7-20-19(21-11-8-12-24(15(2)3)16(4)5)23-14-17-9-10-18(25-6)22-13-17;/h9-10,13,15-16H,7-8,11-12,14H2,1-6H3,(H2,20,21,23);1H. The Hall–Kier alpha value is -1.09. The maximum atomic E-state index is 5.08. The van der Waals surface area contributed by atoms with Crippen molar-refractivity contribution in [3.63, 3.8) is 0 Å². The molecule has 26 heavy (non-hydrogen) atoms. The first-order chi connectivity index (χ1) is 12.0. The summed E-state index contributed by atoms with van der Waals surface area (Å²) in [4.78, 5) is 11.3. The third-order valence-corrected chi connectivity index (χ3v) is 3.98. The average molecular weight is 477 g/mol. The lowest BCUT2D eigenvalue weighted by molar-refractivity contribution is 0.173. The average Bonchev–Trinajstić information content (AvgIpc) is 2.59. The van der Waals surface area contributed by atoms with Crippen molar-refractivity contribution in [2.75, 3.05) is 26.7 Å². The van der Waals surface area contributed by atoms with Crippen LogP contribution in [0.25, 0.3) is 0 Å². The van der Waals surface area contributed by atoms with Crippen molar-refractivity contribution >= 4 is 29.9 Å². The zero-order valence-electron chi connectivity index (χ0n) is 17.1. The monoisotopic (exact) mass is 477 g/mol. The van der Waals surface area contributed by atoms with Gasteiger partial charge in [0, 0.05) is 44.0 Å². The maximum absolute atomic E-state index is 5.08. The van der Waals surface area contributed by atoms with E-state index in [1.165, 1.54) is 0 Å². The number of rotatable bonds is 10. The number of ether oxygens (including phenoxy) is 1. The van der Waals surface area contributed by atoms with Gasteiger partial charge in [0.1, 0.15) is 0 Å². The molecule has 2 N–H and O–H groups in total. The molecule has 1 heterocycles. The van der Waals surface area contributed by atoms with Gasteiger partial charge in [-0.1, -0.05) is 6.07 Å². The molecule has 0 unspecified atom stereocenters. The van der Waals surface area contributed by atoms with Crippen molar-refractivity contribution in [2.45, 2.75) is 59.7 Å². The number of methoxy groups -OCH3 is 1. The van der Waals surface area contributed by atoms with Gasteiger partial charge in [0.05, 0.1) is 13.7 Å². The van der Waals surface area contributed by atoms with Gasteiger partial charge in [0.2, 0.25) is 5.88 Å². The number of hydrogen-bond donors (Lipinski definition) is 2. The second-order valence-corrected chi connectivity index (χ2v) is 6.61. The fraction of sp³-hybridized carbons (Fsp3) is 0.684. The molecule has 1 aromatic rings. The first-order valence-corrected chi connectivity index (χ1v) is 9.24. The molecule has 0 aliphatic rings. The predicted molar refractivity (Wildman–Crippen MR) is 121 cm³/mol. The molecule has 0 saturated heterocycles. The summed E-state index contributed by atoms with van der Waals surface area (Å²) in [6, 6.07) is 4.99. The zero-order chi connectivity index (χ0) is 18.7. The number of guanidine groups is 1. The molecule has 6 nitrogen and oxygen atoms in total. The molecule has 0 spiro atoms. The highest BCUT2D eigenvalue weighted by Gasteiger charge is 2.12. The van der Waals surface area contributed by atoms with Crippen molar-refractivity contribution < 1.29 is 4.74 Å². The largest absolute Gasteiger partial charge is 0.481 e. The number of pyridine rings is 1. The number of aliphatic imine (C=N–C) groups is 1. The Morgan fingerprint density at radius 3 is 2.38 bits per heavy atom. The van der Waals surface area contributed by atoms with Crippen molar-refractivity contribution in [2.24, 2.45) is 4.99 Å². The maximum Gasteiger partial charge on any atom is 0.212 e. The summed E-state index contributed by atoms with van der Waals surface area (Å²) in [5.41, 5.74) is 1.06. The molecule has 0 aromatic carbocycles. The topological polar surface area (TPSA) is 61.8 Å². The summed E-state index contributed by atoms with van der Waals surface area (Å²) >= 11 is 0. The van der Waals surface area contributed by atoms with Gasteiger partial charge >= 0.3 is 0 Å². The Balaban J connectivity index is 0.00000625. The Kier molecular flexibility index (Phi) is 13.4. The van der Waals surface area contributed by atoms with Crippen LogP contribution >= 0.6 is 24.0 Å². The lowest BCUT2D eigenvalue weighted by Gasteiger charge is -2.30. The van der Waals surface area contributed by atoms with Gasteiger partial charge in [-0.05, 0) is 46.6 Å². The van der Waals surface area contributed by atoms with Crippen molar-refractivity contribution in [3.05, 3.63) is 23.9 Å². The number of halogens is 1. The number of nitrogens with zero attached hydrogens (tertiary/aromatic N) is 3. The summed E-state index contributed by atoms with van der Waals surface area (Å²) in [6.07, 6.45) is 2.89. The lowest BCUT2D eigenvalue weighted by atomic mass is 10.2. The molecule has 1 aromatic heterocycles. The fourth-order valence-electron chi connectivity index (χ4n) is 2.72. The van der Waals surface area contributed by atoms with E-state index in [9.17, 15) is 0 Å². The first kappa shape index (κ1) is 24.9. The van der Waals surface area contributed by atoms with E-state index in [1.54, 1.807) is 13.3 Å². The minimum Gasteiger partial charge on any atom is -0.481 e. The van der Waals surface area contributed by atoms with Gasteiger partial charge in [0.15, 0.2) is 5.96 Å². The molecule has 0 radical (unpaired) electrons. The van der Waals surface area contributed by atoms with Crippen LogP contribution in [-0.2, 0) is 6.54 Å². The van der Waals surface area contributed by atoms with Crippen molar-refractivity contribution in [3.8, 4) is 5.88 Å². The zero-order valence-corrected chi connectivity index (χ0v) is 19.4. The highest BCUT2D eigenvalue weighted by molar-refractivity contribution is 14.0. The van der Waals surface area contributed by atoms with Gasteiger partial charge in [-0.2, -0.15) is 0 Å². The second kappa shape index (κ2) is 14.0. The minimum absolute atomic E-state index is 0. The fourth-order valence-corrected chi connectivity index (χ4v) is 2.72. The summed E-state index contributed by atoms with van der Waals surface area (Å²) < 4.78 is 5.08. The van der Waals surface area contributed by atoms with Gasteiger partial charge in [-0.3, -0.25) is 4.90 Å². The van der Waals surface area contributed by atoms with Crippen LogP contribution < -0.4 is 15.4 Å².